The van der Waals surface area contributed by atoms with Gasteiger partial charge in [0.2, 0.25) is 0 Å². The van der Waals surface area contributed by atoms with Crippen LogP contribution in [0.2, 0.25) is 0 Å². The van der Waals surface area contributed by atoms with Crippen LogP contribution in [0, 0.1) is 0 Å². The van der Waals surface area contributed by atoms with Gasteiger partial charge in [-0.1, -0.05) is 76.2 Å². The molecule has 8 nitrogen and oxygen atoms in total. The van der Waals surface area contributed by atoms with E-state index in [1.807, 2.05) is 0 Å². The predicted molar refractivity (Wildman–Crippen MR) is 167 cm³/mol. The number of quaternary nitrogens is 1. The first-order valence-electron chi connectivity index (χ1n) is 16.2. The maximum absolute atomic E-state index is 12.5. The van der Waals surface area contributed by atoms with Gasteiger partial charge < -0.3 is 38.5 Å². The molecule has 0 rings (SSSR count). The molecule has 9 heteroatoms. The first kappa shape index (κ1) is 40.4. The van der Waals surface area contributed by atoms with E-state index in [4.69, 9.17) is 19.5 Å². The fraction of sp³-hybridized carbons (Fsp3) is 0.875. The number of hydrogen-bond donors (Lipinski definition) is 3. The highest BCUT2D eigenvalue weighted by molar-refractivity contribution is 7.51. The van der Waals surface area contributed by atoms with Crippen LogP contribution in [-0.2, 0) is 13.8 Å². The number of hydrogen-bond acceptors (Lipinski definition) is 7. The normalized spacial score (nSPS) is 15.7. The van der Waals surface area contributed by atoms with E-state index < -0.39 is 25.8 Å². The maximum Gasteiger partial charge on any atom is 0.192 e. The number of aliphatic hydroxyl groups is 3. The zero-order valence-electron chi connectivity index (χ0n) is 26.8. The summed E-state index contributed by atoms with van der Waals surface area (Å²) in [6, 6.07) is 0. The van der Waals surface area contributed by atoms with Crippen LogP contribution in [0.1, 0.15) is 123 Å². The van der Waals surface area contributed by atoms with Gasteiger partial charge >= 0.3 is 0 Å². The fourth-order valence-corrected chi connectivity index (χ4v) is 5.92. The summed E-state index contributed by atoms with van der Waals surface area (Å²) in [5.41, 5.74) is 0. The summed E-state index contributed by atoms with van der Waals surface area (Å²) >= 11 is 0. The van der Waals surface area contributed by atoms with E-state index in [2.05, 4.69) is 31.2 Å². The van der Waals surface area contributed by atoms with E-state index in [1.54, 1.807) is 14.1 Å². The SMILES string of the molecule is CCCCC/C=C\CCCC/C=C\CCCCCCCCCOC[C@@H](O)COP(=O)([O-])C(C)[N+](C)(C)CCC(O)O. The van der Waals surface area contributed by atoms with Crippen LogP contribution in [0.25, 0.3) is 0 Å². The second-order valence-corrected chi connectivity index (χ2v) is 14.0. The molecule has 0 fully saturated rings. The summed E-state index contributed by atoms with van der Waals surface area (Å²) in [5, 5.41) is 28.2. The van der Waals surface area contributed by atoms with Gasteiger partial charge in [-0.25, -0.2) is 0 Å². The van der Waals surface area contributed by atoms with Crippen molar-refractivity contribution in [3.8, 4) is 0 Å². The largest absolute Gasteiger partial charge is 0.774 e. The zero-order valence-corrected chi connectivity index (χ0v) is 27.7. The molecular weight excluding hydrogens is 541 g/mol. The lowest BCUT2D eigenvalue weighted by Gasteiger charge is -2.42. The third-order valence-electron chi connectivity index (χ3n) is 7.65. The van der Waals surface area contributed by atoms with Crippen molar-refractivity contribution >= 4 is 7.60 Å². The smallest absolute Gasteiger partial charge is 0.192 e. The van der Waals surface area contributed by atoms with E-state index in [-0.39, 0.29) is 30.7 Å². The molecule has 0 aromatic rings. The topological polar surface area (TPSA) is 119 Å². The lowest BCUT2D eigenvalue weighted by atomic mass is 10.1. The summed E-state index contributed by atoms with van der Waals surface area (Å²) in [6.45, 7) is 4.26. The maximum atomic E-state index is 12.5. The summed E-state index contributed by atoms with van der Waals surface area (Å²) in [5.74, 6) is -0.891. The summed E-state index contributed by atoms with van der Waals surface area (Å²) < 4.78 is 23.1. The van der Waals surface area contributed by atoms with Crippen molar-refractivity contribution < 1.29 is 38.5 Å². The van der Waals surface area contributed by atoms with Crippen molar-refractivity contribution in [3.05, 3.63) is 24.3 Å². The van der Waals surface area contributed by atoms with Gasteiger partial charge in [0.05, 0.1) is 33.9 Å². The van der Waals surface area contributed by atoms with Crippen molar-refractivity contribution in [1.82, 2.24) is 0 Å². The van der Waals surface area contributed by atoms with E-state index in [1.165, 1.54) is 96.8 Å². The van der Waals surface area contributed by atoms with Crippen LogP contribution in [0.5, 0.6) is 0 Å². The minimum atomic E-state index is -4.26. The summed E-state index contributed by atoms with van der Waals surface area (Å²) in [6.07, 6.45) is 26.5. The number of nitrogens with zero attached hydrogens (tertiary/aromatic N) is 1. The van der Waals surface area contributed by atoms with Crippen LogP contribution in [0.4, 0.5) is 0 Å². The Labute approximate surface area is 252 Å². The Bertz CT molecular complexity index is 700. The molecule has 0 saturated heterocycles. The number of rotatable bonds is 29. The van der Waals surface area contributed by atoms with E-state index in [0.29, 0.717) is 6.61 Å². The highest BCUT2D eigenvalue weighted by Crippen LogP contribution is 2.46. The molecule has 0 radical (unpaired) electrons. The van der Waals surface area contributed by atoms with Crippen molar-refractivity contribution in [1.29, 1.82) is 0 Å². The van der Waals surface area contributed by atoms with Crippen LogP contribution >= 0.6 is 7.60 Å². The average Bonchev–Trinajstić information content (AvgIpc) is 2.93. The lowest BCUT2D eigenvalue weighted by Crippen LogP contribution is -2.50. The van der Waals surface area contributed by atoms with Crippen molar-refractivity contribution in [2.24, 2.45) is 0 Å². The molecule has 0 saturated carbocycles. The van der Waals surface area contributed by atoms with E-state index in [9.17, 15) is 14.6 Å². The Morgan fingerprint density at radius 1 is 0.756 bits per heavy atom. The molecule has 41 heavy (non-hydrogen) atoms. The molecular formula is C32H64NO7P. The summed E-state index contributed by atoms with van der Waals surface area (Å²) in [4.78, 5) is 12.5. The molecule has 0 spiro atoms. The standard InChI is InChI=1S/C32H64NO7P/c1-5-6-7-8-9-10-11-12-13-14-15-16-17-18-19-20-21-22-23-24-27-39-28-31(34)29-40-41(37,38)30(2)33(3,4)26-25-32(35)36/h9-10,15-16,30-32,34-36H,5-8,11-14,17-29H2,1-4H3/b10-9-,16-15-/t30?,31-/m1/s1. The number of allylic oxidation sites excluding steroid dienone is 4. The quantitative estimate of drug-likeness (QED) is 0.0295. The molecule has 0 aliphatic rings. The van der Waals surface area contributed by atoms with Gasteiger partial charge in [0.1, 0.15) is 11.9 Å². The molecule has 0 bridgehead atoms. The van der Waals surface area contributed by atoms with Crippen molar-refractivity contribution in [2.75, 3.05) is 40.5 Å². The lowest BCUT2D eigenvalue weighted by molar-refractivity contribution is -0.902. The third kappa shape index (κ3) is 24.6. The Hall–Kier alpha value is -0.570. The first-order chi connectivity index (χ1) is 19.5. The Morgan fingerprint density at radius 2 is 1.22 bits per heavy atom. The van der Waals surface area contributed by atoms with Crippen LogP contribution in [-0.4, -0.2) is 78.4 Å². The number of ether oxygens (including phenoxy) is 1. The molecule has 0 amide bonds. The molecule has 2 unspecified atom stereocenters. The van der Waals surface area contributed by atoms with Gasteiger partial charge in [0.15, 0.2) is 13.9 Å². The number of unbranched alkanes of at least 4 members (excludes halogenated alkanes) is 13. The van der Waals surface area contributed by atoms with Gasteiger partial charge in [0, 0.05) is 13.0 Å². The van der Waals surface area contributed by atoms with Crippen molar-refractivity contribution in [2.45, 2.75) is 141 Å². The first-order valence-corrected chi connectivity index (χ1v) is 17.8. The van der Waals surface area contributed by atoms with Gasteiger partial charge in [-0.05, 0) is 64.7 Å². The van der Waals surface area contributed by atoms with Crippen LogP contribution < -0.4 is 4.89 Å². The third-order valence-corrected chi connectivity index (χ3v) is 9.70. The predicted octanol–water partition coefficient (Wildman–Crippen LogP) is 6.43. The molecule has 0 aromatic carbocycles. The molecule has 244 valence electrons. The highest BCUT2D eigenvalue weighted by Gasteiger charge is 2.34. The Kier molecular flexibility index (Phi) is 25.5. The molecule has 3 N–H and O–H groups in total. The average molecular weight is 606 g/mol. The number of aliphatic hydroxyl groups excluding tert-OH is 2. The second kappa shape index (κ2) is 25.9. The molecule has 0 heterocycles. The molecule has 0 aliphatic heterocycles. The van der Waals surface area contributed by atoms with E-state index >= 15 is 0 Å². The Balaban J connectivity index is 3.62. The van der Waals surface area contributed by atoms with Gasteiger partial charge in [-0.15, -0.1) is 0 Å². The summed E-state index contributed by atoms with van der Waals surface area (Å²) in [7, 11) is -0.881. The van der Waals surface area contributed by atoms with Gasteiger partial charge in [0.25, 0.3) is 0 Å². The minimum Gasteiger partial charge on any atom is -0.774 e. The zero-order chi connectivity index (χ0) is 30.8. The fourth-order valence-electron chi connectivity index (χ4n) is 4.44. The molecule has 0 aromatic heterocycles. The Morgan fingerprint density at radius 3 is 1.73 bits per heavy atom. The van der Waals surface area contributed by atoms with Crippen LogP contribution in [0.3, 0.4) is 0 Å². The van der Waals surface area contributed by atoms with Gasteiger partial charge in [-0.3, -0.25) is 0 Å². The van der Waals surface area contributed by atoms with Crippen molar-refractivity contribution in [3.63, 3.8) is 0 Å². The molecule has 3 atom stereocenters. The highest BCUT2D eigenvalue weighted by atomic mass is 31.2. The second-order valence-electron chi connectivity index (χ2n) is 12.0. The van der Waals surface area contributed by atoms with E-state index in [0.717, 1.165) is 12.8 Å². The van der Waals surface area contributed by atoms with Crippen LogP contribution in [0.15, 0.2) is 24.3 Å². The monoisotopic (exact) mass is 605 g/mol. The minimum absolute atomic E-state index is 0.0276. The van der Waals surface area contributed by atoms with Gasteiger partial charge in [-0.2, -0.15) is 0 Å². The molecule has 0 aliphatic carbocycles.